The molecule has 2 aromatic rings. The fraction of sp³-hybridized carbons (Fsp3) is 0.438. The van der Waals surface area contributed by atoms with Gasteiger partial charge in [0.15, 0.2) is 5.82 Å². The summed E-state index contributed by atoms with van der Waals surface area (Å²) in [5.74, 6) is -0.0897. The second kappa shape index (κ2) is 6.72. The maximum atomic E-state index is 14.3. The molecule has 1 aromatic heterocycles. The number of nitrogens with two attached hydrogens (primary N) is 1. The second-order valence-electron chi connectivity index (χ2n) is 5.38. The van der Waals surface area contributed by atoms with Crippen molar-refractivity contribution in [2.45, 2.75) is 26.8 Å². The van der Waals surface area contributed by atoms with E-state index < -0.39 is 0 Å². The van der Waals surface area contributed by atoms with E-state index in [1.807, 2.05) is 13.0 Å². The van der Waals surface area contributed by atoms with Crippen molar-refractivity contribution in [1.29, 1.82) is 0 Å². The Balaban J connectivity index is 2.40. The van der Waals surface area contributed by atoms with Crippen LogP contribution in [0.3, 0.4) is 0 Å². The molecular formula is C16H22FN3O. The highest BCUT2D eigenvalue weighted by molar-refractivity contribution is 5.98. The molecule has 114 valence electrons. The summed E-state index contributed by atoms with van der Waals surface area (Å²) in [6.45, 7) is 7.24. The number of fused-ring (bicyclic) bond motifs is 1. The molecule has 0 saturated heterocycles. The molecule has 4 nitrogen and oxygen atoms in total. The van der Waals surface area contributed by atoms with Crippen molar-refractivity contribution in [3.8, 4) is 0 Å². The van der Waals surface area contributed by atoms with Crippen LogP contribution in [0.15, 0.2) is 24.4 Å². The van der Waals surface area contributed by atoms with Gasteiger partial charge in [-0.05, 0) is 31.0 Å². The van der Waals surface area contributed by atoms with E-state index in [0.717, 1.165) is 5.39 Å². The number of ether oxygens (including phenoxy) is 1. The van der Waals surface area contributed by atoms with E-state index in [-0.39, 0.29) is 11.9 Å². The maximum absolute atomic E-state index is 14.3. The third-order valence-electron chi connectivity index (χ3n) is 3.51. The standard InChI is InChI=1S/C16H22FN3O/c1-4-21-9-14(10(2)3)20-16-12(17)8-13(18)11-6-5-7-19-15(11)16/h5-8,10,14,20H,4,9,18H2,1-3H3. The number of benzene rings is 1. The zero-order valence-corrected chi connectivity index (χ0v) is 12.7. The number of rotatable bonds is 6. The second-order valence-corrected chi connectivity index (χ2v) is 5.38. The highest BCUT2D eigenvalue weighted by atomic mass is 19.1. The Bertz CT molecular complexity index is 616. The number of nitrogen functional groups attached to an aromatic ring is 1. The van der Waals surface area contributed by atoms with E-state index in [0.29, 0.717) is 36.0 Å². The van der Waals surface area contributed by atoms with Gasteiger partial charge in [-0.2, -0.15) is 0 Å². The van der Waals surface area contributed by atoms with Gasteiger partial charge in [0.1, 0.15) is 0 Å². The Hall–Kier alpha value is -1.88. The number of nitrogens with zero attached hydrogens (tertiary/aromatic N) is 1. The summed E-state index contributed by atoms with van der Waals surface area (Å²) in [6.07, 6.45) is 1.64. The molecule has 2 rings (SSSR count). The minimum Gasteiger partial charge on any atom is -0.398 e. The van der Waals surface area contributed by atoms with E-state index in [1.165, 1.54) is 6.07 Å². The fourth-order valence-electron chi connectivity index (χ4n) is 2.21. The van der Waals surface area contributed by atoms with Crippen molar-refractivity contribution in [1.82, 2.24) is 4.98 Å². The van der Waals surface area contributed by atoms with Crippen LogP contribution in [0.1, 0.15) is 20.8 Å². The summed E-state index contributed by atoms with van der Waals surface area (Å²) in [7, 11) is 0. The number of hydrogen-bond acceptors (Lipinski definition) is 4. The Kier molecular flexibility index (Phi) is 4.96. The molecule has 0 saturated carbocycles. The number of halogens is 1. The summed E-state index contributed by atoms with van der Waals surface area (Å²) < 4.78 is 19.8. The first-order chi connectivity index (χ1) is 10.0. The molecule has 3 N–H and O–H groups in total. The van der Waals surface area contributed by atoms with Crippen LogP contribution in [0.2, 0.25) is 0 Å². The molecule has 0 fully saturated rings. The van der Waals surface area contributed by atoms with Crippen molar-refractivity contribution in [2.75, 3.05) is 24.3 Å². The lowest BCUT2D eigenvalue weighted by Gasteiger charge is -2.24. The van der Waals surface area contributed by atoms with Crippen LogP contribution in [0.4, 0.5) is 15.8 Å². The predicted octanol–water partition coefficient (Wildman–Crippen LogP) is 3.43. The van der Waals surface area contributed by atoms with Gasteiger partial charge in [-0.25, -0.2) is 4.39 Å². The van der Waals surface area contributed by atoms with E-state index >= 15 is 0 Å². The summed E-state index contributed by atoms with van der Waals surface area (Å²) in [4.78, 5) is 4.27. The molecule has 0 bridgehead atoms. The molecule has 0 aliphatic heterocycles. The van der Waals surface area contributed by atoms with Crippen LogP contribution in [0.5, 0.6) is 0 Å². The van der Waals surface area contributed by atoms with Gasteiger partial charge in [-0.3, -0.25) is 4.98 Å². The lowest BCUT2D eigenvalue weighted by molar-refractivity contribution is 0.126. The van der Waals surface area contributed by atoms with Gasteiger partial charge < -0.3 is 15.8 Å². The van der Waals surface area contributed by atoms with E-state index in [4.69, 9.17) is 10.5 Å². The summed E-state index contributed by atoms with van der Waals surface area (Å²) in [6, 6.07) is 4.98. The molecule has 0 aliphatic carbocycles. The van der Waals surface area contributed by atoms with Crippen LogP contribution in [0.25, 0.3) is 10.9 Å². The van der Waals surface area contributed by atoms with Crippen LogP contribution >= 0.6 is 0 Å². The molecule has 1 aromatic carbocycles. The average molecular weight is 291 g/mol. The Morgan fingerprint density at radius 1 is 1.43 bits per heavy atom. The van der Waals surface area contributed by atoms with Crippen LogP contribution in [-0.2, 0) is 4.74 Å². The number of anilines is 2. The minimum absolute atomic E-state index is 0.00767. The van der Waals surface area contributed by atoms with Gasteiger partial charge in [0, 0.05) is 23.9 Å². The van der Waals surface area contributed by atoms with Gasteiger partial charge in [-0.15, -0.1) is 0 Å². The Morgan fingerprint density at radius 2 is 2.19 bits per heavy atom. The van der Waals surface area contributed by atoms with Gasteiger partial charge >= 0.3 is 0 Å². The molecule has 0 aliphatic rings. The number of aromatic nitrogens is 1. The minimum atomic E-state index is -0.388. The molecule has 1 heterocycles. The monoisotopic (exact) mass is 291 g/mol. The molecule has 5 heteroatoms. The maximum Gasteiger partial charge on any atom is 0.150 e. The highest BCUT2D eigenvalue weighted by Gasteiger charge is 2.18. The first-order valence-corrected chi connectivity index (χ1v) is 7.21. The largest absolute Gasteiger partial charge is 0.398 e. The van der Waals surface area contributed by atoms with Crippen molar-refractivity contribution < 1.29 is 9.13 Å². The smallest absolute Gasteiger partial charge is 0.150 e. The third kappa shape index (κ3) is 3.42. The van der Waals surface area contributed by atoms with Crippen LogP contribution in [0, 0.1) is 11.7 Å². The fourth-order valence-corrected chi connectivity index (χ4v) is 2.21. The van der Waals surface area contributed by atoms with Crippen LogP contribution < -0.4 is 11.1 Å². The number of hydrogen-bond donors (Lipinski definition) is 2. The van der Waals surface area contributed by atoms with Gasteiger partial charge in [0.2, 0.25) is 0 Å². The van der Waals surface area contributed by atoms with E-state index in [2.05, 4.69) is 24.1 Å². The van der Waals surface area contributed by atoms with E-state index in [1.54, 1.807) is 12.3 Å². The first-order valence-electron chi connectivity index (χ1n) is 7.21. The zero-order chi connectivity index (χ0) is 15.4. The number of nitrogens with one attached hydrogen (secondary N) is 1. The van der Waals surface area contributed by atoms with Gasteiger partial charge in [0.05, 0.1) is 23.9 Å². The van der Waals surface area contributed by atoms with Crippen molar-refractivity contribution in [3.05, 3.63) is 30.2 Å². The normalized spacial score (nSPS) is 12.8. The molecule has 1 atom stereocenters. The molecule has 1 unspecified atom stereocenters. The molecule has 21 heavy (non-hydrogen) atoms. The third-order valence-corrected chi connectivity index (χ3v) is 3.51. The van der Waals surface area contributed by atoms with Crippen molar-refractivity contribution >= 4 is 22.3 Å². The predicted molar refractivity (Wildman–Crippen MR) is 84.9 cm³/mol. The highest BCUT2D eigenvalue weighted by Crippen LogP contribution is 2.30. The van der Waals surface area contributed by atoms with Crippen LogP contribution in [-0.4, -0.2) is 24.2 Å². The summed E-state index contributed by atoms with van der Waals surface area (Å²) in [5.41, 5.74) is 7.20. The number of pyridine rings is 1. The lowest BCUT2D eigenvalue weighted by atomic mass is 10.0. The molecular weight excluding hydrogens is 269 g/mol. The van der Waals surface area contributed by atoms with Gasteiger partial charge in [0.25, 0.3) is 0 Å². The lowest BCUT2D eigenvalue weighted by Crippen LogP contribution is -2.31. The average Bonchev–Trinajstić information content (AvgIpc) is 2.46. The quantitative estimate of drug-likeness (QED) is 0.801. The molecule has 0 radical (unpaired) electrons. The summed E-state index contributed by atoms with van der Waals surface area (Å²) in [5, 5.41) is 3.98. The zero-order valence-electron chi connectivity index (χ0n) is 12.7. The van der Waals surface area contributed by atoms with E-state index in [9.17, 15) is 4.39 Å². The summed E-state index contributed by atoms with van der Waals surface area (Å²) >= 11 is 0. The Labute approximate surface area is 124 Å². The molecule has 0 spiro atoms. The SMILES string of the molecule is CCOCC(Nc1c(F)cc(N)c2cccnc12)C(C)C. The first kappa shape index (κ1) is 15.5. The van der Waals surface area contributed by atoms with Gasteiger partial charge in [-0.1, -0.05) is 13.8 Å². The van der Waals surface area contributed by atoms with Crippen molar-refractivity contribution in [2.24, 2.45) is 5.92 Å². The topological polar surface area (TPSA) is 60.2 Å². The molecule has 0 amide bonds. The Morgan fingerprint density at radius 3 is 2.86 bits per heavy atom. The van der Waals surface area contributed by atoms with Crippen molar-refractivity contribution in [3.63, 3.8) is 0 Å².